The molecule has 1 saturated heterocycles. The van der Waals surface area contributed by atoms with E-state index in [2.05, 4.69) is 25.5 Å². The van der Waals surface area contributed by atoms with Gasteiger partial charge in [-0.2, -0.15) is 0 Å². The average Bonchev–Trinajstić information content (AvgIpc) is 2.78. The Labute approximate surface area is 170 Å². The van der Waals surface area contributed by atoms with Crippen molar-refractivity contribution in [2.75, 3.05) is 44.7 Å². The number of carbonyl (C=O) groups excluding carboxylic acids is 1. The molecule has 1 aliphatic rings. The number of benzene rings is 1. The molecule has 0 bridgehead atoms. The molecule has 7 nitrogen and oxygen atoms in total. The molecule has 3 rings (SSSR count). The minimum atomic E-state index is -0.254. The molecule has 0 radical (unpaired) electrons. The van der Waals surface area contributed by atoms with Crippen LogP contribution >= 0.6 is 0 Å². The van der Waals surface area contributed by atoms with E-state index in [4.69, 9.17) is 0 Å². The molecule has 1 aromatic carbocycles. The first-order valence-electron chi connectivity index (χ1n) is 9.78. The van der Waals surface area contributed by atoms with Gasteiger partial charge in [0.05, 0.1) is 0 Å². The summed E-state index contributed by atoms with van der Waals surface area (Å²) in [4.78, 5) is 25.1. The van der Waals surface area contributed by atoms with Crippen molar-refractivity contribution in [3.63, 3.8) is 0 Å². The van der Waals surface area contributed by atoms with Crippen molar-refractivity contribution < 1.29 is 9.18 Å². The van der Waals surface area contributed by atoms with Gasteiger partial charge in [0.1, 0.15) is 11.6 Å². The highest BCUT2D eigenvalue weighted by Crippen LogP contribution is 2.12. The fraction of sp³-hybridized carbons (Fsp3) is 0.381. The van der Waals surface area contributed by atoms with E-state index in [0.717, 1.165) is 24.5 Å². The molecule has 1 aromatic heterocycles. The summed E-state index contributed by atoms with van der Waals surface area (Å²) in [5, 5.41) is 6.31. The minimum Gasteiger partial charge on any atom is -0.356 e. The van der Waals surface area contributed by atoms with E-state index in [1.165, 1.54) is 12.1 Å². The number of rotatable bonds is 6. The number of aromatic nitrogens is 1. The van der Waals surface area contributed by atoms with Crippen LogP contribution in [0.4, 0.5) is 10.2 Å². The van der Waals surface area contributed by atoms with E-state index in [1.54, 1.807) is 25.4 Å². The summed E-state index contributed by atoms with van der Waals surface area (Å²) in [5.74, 6) is 1.45. The Balaban J connectivity index is 1.36. The number of piperazine rings is 1. The van der Waals surface area contributed by atoms with Gasteiger partial charge in [-0.3, -0.25) is 9.79 Å². The highest BCUT2D eigenvalue weighted by Gasteiger charge is 2.21. The van der Waals surface area contributed by atoms with Crippen LogP contribution in [-0.2, 0) is 11.3 Å². The number of pyridine rings is 1. The quantitative estimate of drug-likeness (QED) is 0.572. The highest BCUT2D eigenvalue weighted by atomic mass is 19.1. The van der Waals surface area contributed by atoms with Gasteiger partial charge in [0.2, 0.25) is 5.91 Å². The zero-order valence-corrected chi connectivity index (χ0v) is 16.6. The van der Waals surface area contributed by atoms with Crippen LogP contribution in [0.3, 0.4) is 0 Å². The van der Waals surface area contributed by atoms with E-state index in [0.29, 0.717) is 38.6 Å². The molecule has 8 heteroatoms. The van der Waals surface area contributed by atoms with Gasteiger partial charge in [0.25, 0.3) is 0 Å². The second-order valence-electron chi connectivity index (χ2n) is 6.78. The van der Waals surface area contributed by atoms with Gasteiger partial charge >= 0.3 is 0 Å². The number of guanidine groups is 1. The van der Waals surface area contributed by atoms with Crippen LogP contribution < -0.4 is 15.5 Å². The first kappa shape index (κ1) is 20.6. The van der Waals surface area contributed by atoms with Crippen LogP contribution in [0, 0.1) is 5.82 Å². The first-order chi connectivity index (χ1) is 14.2. The number of aliphatic imine (C=N–C) groups is 1. The third-order valence-corrected chi connectivity index (χ3v) is 4.83. The monoisotopic (exact) mass is 398 g/mol. The first-order valence-corrected chi connectivity index (χ1v) is 9.78. The Morgan fingerprint density at radius 1 is 1.10 bits per heavy atom. The molecular formula is C21H27FN6O. The molecule has 1 aliphatic heterocycles. The highest BCUT2D eigenvalue weighted by molar-refractivity contribution is 5.81. The largest absolute Gasteiger partial charge is 0.356 e. The topological polar surface area (TPSA) is 72.9 Å². The fourth-order valence-electron chi connectivity index (χ4n) is 3.18. The Morgan fingerprint density at radius 2 is 1.86 bits per heavy atom. The Hall–Kier alpha value is -3.16. The molecule has 154 valence electrons. The third-order valence-electron chi connectivity index (χ3n) is 4.83. The van der Waals surface area contributed by atoms with E-state index >= 15 is 0 Å². The summed E-state index contributed by atoms with van der Waals surface area (Å²) in [7, 11) is 1.68. The molecule has 2 N–H and O–H groups in total. The third kappa shape index (κ3) is 6.17. The molecule has 2 heterocycles. The number of hydrogen-bond acceptors (Lipinski definition) is 4. The van der Waals surface area contributed by atoms with Gasteiger partial charge < -0.3 is 20.4 Å². The van der Waals surface area contributed by atoms with Crippen molar-refractivity contribution in [3.05, 3.63) is 60.0 Å². The smallest absolute Gasteiger partial charge is 0.224 e. The predicted octanol–water partition coefficient (Wildman–Crippen LogP) is 1.62. The molecule has 0 aliphatic carbocycles. The maximum absolute atomic E-state index is 13.0. The summed E-state index contributed by atoms with van der Waals surface area (Å²) < 4.78 is 13.0. The summed E-state index contributed by atoms with van der Waals surface area (Å²) in [5.41, 5.74) is 0.955. The molecule has 0 atom stereocenters. The second-order valence-corrected chi connectivity index (χ2v) is 6.78. The standard InChI is InChI=1S/C21H27FN6O/c1-23-21(26-16-17-5-7-18(22)8-6-17)25-11-9-20(29)28-14-12-27(13-15-28)19-4-2-3-10-24-19/h2-8,10H,9,11-16H2,1H3,(H2,23,25,26). The second kappa shape index (κ2) is 10.4. The maximum atomic E-state index is 13.0. The maximum Gasteiger partial charge on any atom is 0.224 e. The zero-order valence-electron chi connectivity index (χ0n) is 16.6. The predicted molar refractivity (Wildman–Crippen MR) is 112 cm³/mol. The number of carbonyl (C=O) groups is 1. The Bertz CT molecular complexity index is 804. The number of nitrogens with one attached hydrogen (secondary N) is 2. The Kier molecular flexibility index (Phi) is 7.38. The molecule has 0 unspecified atom stereocenters. The van der Waals surface area contributed by atoms with Crippen LogP contribution in [0.1, 0.15) is 12.0 Å². The van der Waals surface area contributed by atoms with Crippen LogP contribution in [0.5, 0.6) is 0 Å². The van der Waals surface area contributed by atoms with Crippen molar-refractivity contribution >= 4 is 17.7 Å². The molecule has 0 spiro atoms. The number of hydrogen-bond donors (Lipinski definition) is 2. The summed E-state index contributed by atoms with van der Waals surface area (Å²) in [6.45, 7) is 4.01. The van der Waals surface area contributed by atoms with E-state index < -0.39 is 0 Å². The van der Waals surface area contributed by atoms with Crippen molar-refractivity contribution in [3.8, 4) is 0 Å². The molecule has 1 amide bonds. The Morgan fingerprint density at radius 3 is 2.52 bits per heavy atom. The van der Waals surface area contributed by atoms with Crippen molar-refractivity contribution in [1.82, 2.24) is 20.5 Å². The van der Waals surface area contributed by atoms with E-state index in [1.807, 2.05) is 23.1 Å². The lowest BCUT2D eigenvalue weighted by molar-refractivity contribution is -0.131. The van der Waals surface area contributed by atoms with Crippen molar-refractivity contribution in [2.45, 2.75) is 13.0 Å². The van der Waals surface area contributed by atoms with Crippen LogP contribution in [0.2, 0.25) is 0 Å². The average molecular weight is 398 g/mol. The van der Waals surface area contributed by atoms with Gasteiger partial charge in [0.15, 0.2) is 5.96 Å². The lowest BCUT2D eigenvalue weighted by Gasteiger charge is -2.35. The molecule has 29 heavy (non-hydrogen) atoms. The van der Waals surface area contributed by atoms with Gasteiger partial charge in [-0.15, -0.1) is 0 Å². The fourth-order valence-corrected chi connectivity index (χ4v) is 3.18. The molecule has 2 aromatic rings. The molecule has 0 saturated carbocycles. The molecular weight excluding hydrogens is 371 g/mol. The summed E-state index contributed by atoms with van der Waals surface area (Å²) >= 11 is 0. The van der Waals surface area contributed by atoms with Crippen molar-refractivity contribution in [1.29, 1.82) is 0 Å². The summed E-state index contributed by atoms with van der Waals surface area (Å²) in [6.07, 6.45) is 2.19. The van der Waals surface area contributed by atoms with Gasteiger partial charge in [-0.1, -0.05) is 18.2 Å². The van der Waals surface area contributed by atoms with Crippen LogP contribution in [-0.4, -0.2) is 61.5 Å². The number of nitrogens with zero attached hydrogens (tertiary/aromatic N) is 4. The summed E-state index contributed by atoms with van der Waals surface area (Å²) in [6, 6.07) is 12.2. The lowest BCUT2D eigenvalue weighted by atomic mass is 10.2. The number of anilines is 1. The normalized spacial score (nSPS) is 14.6. The number of halogens is 1. The minimum absolute atomic E-state index is 0.132. The molecule has 1 fully saturated rings. The number of amides is 1. The van der Waals surface area contributed by atoms with Crippen LogP contribution in [0.25, 0.3) is 0 Å². The SMILES string of the molecule is CN=C(NCCC(=O)N1CCN(c2ccccn2)CC1)NCc1ccc(F)cc1. The van der Waals surface area contributed by atoms with Crippen LogP contribution in [0.15, 0.2) is 53.7 Å². The van der Waals surface area contributed by atoms with Gasteiger partial charge in [0, 0.05) is 58.9 Å². The van der Waals surface area contributed by atoms with Gasteiger partial charge in [-0.25, -0.2) is 9.37 Å². The van der Waals surface area contributed by atoms with E-state index in [-0.39, 0.29) is 11.7 Å². The zero-order chi connectivity index (χ0) is 20.5. The van der Waals surface area contributed by atoms with Crippen molar-refractivity contribution in [2.24, 2.45) is 4.99 Å². The van der Waals surface area contributed by atoms with E-state index in [9.17, 15) is 9.18 Å². The van der Waals surface area contributed by atoms with Gasteiger partial charge in [-0.05, 0) is 29.8 Å². The lowest BCUT2D eigenvalue weighted by Crippen LogP contribution is -2.49.